The minimum Gasteiger partial charge on any atom is -0.462 e. The lowest BCUT2D eigenvalue weighted by molar-refractivity contribution is -0.120. The molecule has 1 fully saturated rings. The molecule has 0 unspecified atom stereocenters. The number of anilines is 1. The molecule has 0 spiro atoms. The summed E-state index contributed by atoms with van der Waals surface area (Å²) in [4.78, 5) is 36.9. The Balaban J connectivity index is 1.84. The van der Waals surface area contributed by atoms with Crippen LogP contribution in [-0.2, 0) is 26.6 Å². The highest BCUT2D eigenvalue weighted by atomic mass is 32.2. The van der Waals surface area contributed by atoms with E-state index in [1.807, 2.05) is 0 Å². The number of nitrogens with one attached hydrogen (secondary N) is 1. The molecule has 3 rings (SSSR count). The SMILES string of the molecule is CCOC(=O)c1c(S(=O)(=O)N2CCC[C@@H](C(=O)Nc3ccc(C(C)=O)cc3)C2)c(C)n(C)c1C. The van der Waals surface area contributed by atoms with Crippen LogP contribution in [0.1, 0.15) is 58.8 Å². The Morgan fingerprint density at radius 3 is 2.35 bits per heavy atom. The highest BCUT2D eigenvalue weighted by molar-refractivity contribution is 7.89. The average molecular weight is 490 g/mol. The zero-order valence-electron chi connectivity index (χ0n) is 20.2. The molecule has 0 radical (unpaired) electrons. The van der Waals surface area contributed by atoms with Gasteiger partial charge in [0.25, 0.3) is 0 Å². The second-order valence-corrected chi connectivity index (χ2v) is 10.4. The number of rotatable bonds is 7. The van der Waals surface area contributed by atoms with Crippen molar-refractivity contribution in [1.29, 1.82) is 0 Å². The number of benzene rings is 1. The summed E-state index contributed by atoms with van der Waals surface area (Å²) in [6, 6.07) is 6.56. The number of carbonyl (C=O) groups excluding carboxylic acids is 3. The van der Waals surface area contributed by atoms with E-state index in [-0.39, 0.29) is 41.8 Å². The van der Waals surface area contributed by atoms with Gasteiger partial charge in [-0.05, 0) is 64.8 Å². The number of aromatic nitrogens is 1. The summed E-state index contributed by atoms with van der Waals surface area (Å²) in [5, 5.41) is 2.81. The van der Waals surface area contributed by atoms with Crippen LogP contribution in [0.2, 0.25) is 0 Å². The number of hydrogen-bond acceptors (Lipinski definition) is 6. The standard InChI is InChI=1S/C24H31N3O6S/c1-6-33-24(30)21-15(2)26(5)16(3)22(21)34(31,32)27-13-7-8-19(14-27)23(29)25-20-11-9-18(10-12-20)17(4)28/h9-12,19H,6-8,13-14H2,1-5H3,(H,25,29)/t19-/m1/s1. The molecule has 1 saturated heterocycles. The fourth-order valence-corrected chi connectivity index (χ4v) is 6.22. The number of piperidine rings is 1. The first-order valence-electron chi connectivity index (χ1n) is 11.2. The monoisotopic (exact) mass is 489 g/mol. The van der Waals surface area contributed by atoms with Gasteiger partial charge in [-0.2, -0.15) is 4.31 Å². The number of ether oxygens (including phenoxy) is 1. The van der Waals surface area contributed by atoms with Crippen LogP contribution in [0.25, 0.3) is 0 Å². The molecule has 2 aromatic rings. The van der Waals surface area contributed by atoms with Gasteiger partial charge in [-0.1, -0.05) is 0 Å². The number of nitrogens with zero attached hydrogens (tertiary/aromatic N) is 2. The van der Waals surface area contributed by atoms with Crippen LogP contribution in [0.3, 0.4) is 0 Å². The molecule has 9 nitrogen and oxygen atoms in total. The molecule has 2 heterocycles. The molecule has 1 aromatic carbocycles. The van der Waals surface area contributed by atoms with Crippen LogP contribution in [0.15, 0.2) is 29.2 Å². The molecule has 1 aliphatic heterocycles. The van der Waals surface area contributed by atoms with Crippen molar-refractivity contribution in [3.05, 3.63) is 46.8 Å². The fraction of sp³-hybridized carbons (Fsp3) is 0.458. The Hall–Kier alpha value is -2.98. The molecular weight excluding hydrogens is 458 g/mol. The van der Waals surface area contributed by atoms with Gasteiger partial charge in [0, 0.05) is 42.8 Å². The van der Waals surface area contributed by atoms with Gasteiger partial charge in [-0.15, -0.1) is 0 Å². The summed E-state index contributed by atoms with van der Waals surface area (Å²) < 4.78 is 35.4. The van der Waals surface area contributed by atoms with E-state index in [1.54, 1.807) is 56.7 Å². The van der Waals surface area contributed by atoms with Crippen molar-refractivity contribution < 1.29 is 27.5 Å². The normalized spacial score (nSPS) is 16.8. The van der Waals surface area contributed by atoms with Gasteiger partial charge in [0.05, 0.1) is 12.5 Å². The quantitative estimate of drug-likeness (QED) is 0.472. The Bertz CT molecular complexity index is 1210. The molecule has 1 aromatic heterocycles. The van der Waals surface area contributed by atoms with Crippen molar-refractivity contribution in [3.8, 4) is 0 Å². The molecule has 1 amide bonds. The van der Waals surface area contributed by atoms with Crippen LogP contribution >= 0.6 is 0 Å². The molecule has 0 saturated carbocycles. The van der Waals surface area contributed by atoms with E-state index in [1.165, 1.54) is 11.2 Å². The first-order chi connectivity index (χ1) is 16.0. The van der Waals surface area contributed by atoms with Gasteiger partial charge >= 0.3 is 5.97 Å². The third kappa shape index (κ3) is 4.92. The van der Waals surface area contributed by atoms with Crippen LogP contribution in [0, 0.1) is 19.8 Å². The summed E-state index contributed by atoms with van der Waals surface area (Å²) in [7, 11) is -2.34. The highest BCUT2D eigenvalue weighted by Crippen LogP contribution is 2.32. The van der Waals surface area contributed by atoms with E-state index >= 15 is 0 Å². The average Bonchev–Trinajstić information content (AvgIpc) is 3.04. The number of hydrogen-bond donors (Lipinski definition) is 1. The van der Waals surface area contributed by atoms with E-state index in [0.717, 1.165) is 0 Å². The first kappa shape index (κ1) is 25.6. The van der Waals surface area contributed by atoms with Crippen LogP contribution < -0.4 is 5.32 Å². The lowest BCUT2D eigenvalue weighted by Crippen LogP contribution is -2.44. The van der Waals surface area contributed by atoms with Crippen molar-refractivity contribution in [3.63, 3.8) is 0 Å². The lowest BCUT2D eigenvalue weighted by atomic mass is 9.98. The fourth-order valence-electron chi connectivity index (χ4n) is 4.21. The Labute approximate surface area is 200 Å². The molecule has 1 atom stereocenters. The zero-order chi connectivity index (χ0) is 25.2. The van der Waals surface area contributed by atoms with Crippen LogP contribution in [-0.4, -0.2) is 54.6 Å². The molecule has 184 valence electrons. The number of carbonyl (C=O) groups is 3. The number of sulfonamides is 1. The smallest absolute Gasteiger partial charge is 0.341 e. The number of ketones is 1. The maximum atomic E-state index is 13.7. The van der Waals surface area contributed by atoms with Crippen LogP contribution in [0.4, 0.5) is 5.69 Å². The Kier molecular flexibility index (Phi) is 7.62. The van der Waals surface area contributed by atoms with Gasteiger partial charge in [0.15, 0.2) is 5.78 Å². The summed E-state index contributed by atoms with van der Waals surface area (Å²) >= 11 is 0. The number of esters is 1. The van der Waals surface area contributed by atoms with Crippen LogP contribution in [0.5, 0.6) is 0 Å². The van der Waals surface area contributed by atoms with Crippen molar-refractivity contribution in [2.24, 2.45) is 13.0 Å². The minimum absolute atomic E-state index is 0.00927. The predicted octanol–water partition coefficient (Wildman–Crippen LogP) is 3.06. The molecule has 1 N–H and O–H groups in total. The second kappa shape index (κ2) is 10.1. The summed E-state index contributed by atoms with van der Waals surface area (Å²) in [5.74, 6) is -1.59. The predicted molar refractivity (Wildman–Crippen MR) is 127 cm³/mol. The topological polar surface area (TPSA) is 115 Å². The van der Waals surface area contributed by atoms with E-state index < -0.39 is 21.9 Å². The summed E-state index contributed by atoms with van der Waals surface area (Å²) in [6.45, 7) is 6.87. The lowest BCUT2D eigenvalue weighted by Gasteiger charge is -2.31. The molecular formula is C24H31N3O6S. The van der Waals surface area contributed by atoms with Gasteiger partial charge in [0.1, 0.15) is 10.5 Å². The van der Waals surface area contributed by atoms with E-state index in [2.05, 4.69) is 5.32 Å². The van der Waals surface area contributed by atoms with Gasteiger partial charge in [-0.25, -0.2) is 13.2 Å². The third-order valence-electron chi connectivity index (χ3n) is 6.32. The third-order valence-corrected chi connectivity index (χ3v) is 8.34. The molecule has 10 heteroatoms. The maximum Gasteiger partial charge on any atom is 0.341 e. The summed E-state index contributed by atoms with van der Waals surface area (Å²) in [5.41, 5.74) is 2.07. The molecule has 34 heavy (non-hydrogen) atoms. The van der Waals surface area contributed by atoms with Gasteiger partial charge < -0.3 is 14.6 Å². The largest absolute Gasteiger partial charge is 0.462 e. The van der Waals surface area contributed by atoms with Crippen molar-refractivity contribution in [2.45, 2.75) is 45.4 Å². The van der Waals surface area contributed by atoms with E-state index in [9.17, 15) is 22.8 Å². The Morgan fingerprint density at radius 2 is 1.76 bits per heavy atom. The van der Waals surface area contributed by atoms with Gasteiger partial charge in [-0.3, -0.25) is 9.59 Å². The van der Waals surface area contributed by atoms with E-state index in [4.69, 9.17) is 4.74 Å². The molecule has 1 aliphatic rings. The maximum absolute atomic E-state index is 13.7. The second-order valence-electron chi connectivity index (χ2n) is 8.48. The number of Topliss-reactive ketones (excluding diaryl/α,β-unsaturated/α-hetero) is 1. The van der Waals surface area contributed by atoms with E-state index in [0.29, 0.717) is 35.5 Å². The van der Waals surface area contributed by atoms with Crippen molar-refractivity contribution >= 4 is 33.4 Å². The molecule has 0 bridgehead atoms. The summed E-state index contributed by atoms with van der Waals surface area (Å²) in [6.07, 6.45) is 1.06. The van der Waals surface area contributed by atoms with Crippen molar-refractivity contribution in [2.75, 3.05) is 25.0 Å². The van der Waals surface area contributed by atoms with Gasteiger partial charge in [0.2, 0.25) is 15.9 Å². The first-order valence-corrected chi connectivity index (χ1v) is 12.7. The Morgan fingerprint density at radius 1 is 1.12 bits per heavy atom. The zero-order valence-corrected chi connectivity index (χ0v) is 21.0. The number of amides is 1. The molecule has 0 aliphatic carbocycles. The highest BCUT2D eigenvalue weighted by Gasteiger charge is 2.39. The minimum atomic E-state index is -4.05. The van der Waals surface area contributed by atoms with Crippen molar-refractivity contribution in [1.82, 2.24) is 8.87 Å².